The van der Waals surface area contributed by atoms with Crippen LogP contribution < -0.4 is 5.32 Å². The van der Waals surface area contributed by atoms with E-state index >= 15 is 0 Å². The minimum absolute atomic E-state index is 0.120. The molecule has 4 atom stereocenters. The van der Waals surface area contributed by atoms with Gasteiger partial charge in [0.05, 0.1) is 6.04 Å². The van der Waals surface area contributed by atoms with Crippen LogP contribution in [0.1, 0.15) is 40.0 Å². The van der Waals surface area contributed by atoms with Crippen LogP contribution in [-0.2, 0) is 4.74 Å². The SMILES string of the molecule is CN[C@@H]1C[C@H]2CC[C@@H]([C@@H]1F)N2C(=O)OC(C)(C)C. The Bertz CT molecular complexity index is 329. The van der Waals surface area contributed by atoms with Crippen LogP contribution in [0.5, 0.6) is 0 Å². The minimum Gasteiger partial charge on any atom is -0.444 e. The molecule has 4 nitrogen and oxygen atoms in total. The summed E-state index contributed by atoms with van der Waals surface area (Å²) in [6, 6.07) is -0.341. The smallest absolute Gasteiger partial charge is 0.410 e. The number of fused-ring (bicyclic) bond motifs is 2. The second kappa shape index (κ2) is 4.68. The molecule has 2 bridgehead atoms. The topological polar surface area (TPSA) is 41.6 Å². The molecular weight excluding hydrogens is 235 g/mol. The molecule has 0 unspecified atom stereocenters. The Balaban J connectivity index is 2.09. The highest BCUT2D eigenvalue weighted by Crippen LogP contribution is 2.38. The summed E-state index contributed by atoms with van der Waals surface area (Å²) in [5, 5.41) is 3.01. The van der Waals surface area contributed by atoms with Crippen molar-refractivity contribution in [1.29, 1.82) is 0 Å². The molecule has 0 saturated carbocycles. The molecule has 2 heterocycles. The lowest BCUT2D eigenvalue weighted by atomic mass is 9.96. The first-order chi connectivity index (χ1) is 8.33. The zero-order chi connectivity index (χ0) is 13.5. The van der Waals surface area contributed by atoms with Crippen LogP contribution in [0, 0.1) is 0 Å². The number of alkyl halides is 1. The first kappa shape index (κ1) is 13.6. The van der Waals surface area contributed by atoms with Gasteiger partial charge in [0.2, 0.25) is 0 Å². The van der Waals surface area contributed by atoms with E-state index in [0.717, 1.165) is 12.8 Å². The molecule has 104 valence electrons. The van der Waals surface area contributed by atoms with Gasteiger partial charge in [0.25, 0.3) is 0 Å². The van der Waals surface area contributed by atoms with E-state index in [2.05, 4.69) is 5.32 Å². The number of carbonyl (C=O) groups is 1. The fourth-order valence-electron chi connectivity index (χ4n) is 3.02. The highest BCUT2D eigenvalue weighted by Gasteiger charge is 2.50. The molecule has 2 aliphatic heterocycles. The Morgan fingerprint density at radius 2 is 2.06 bits per heavy atom. The zero-order valence-electron chi connectivity index (χ0n) is 11.6. The summed E-state index contributed by atoms with van der Waals surface area (Å²) >= 11 is 0. The molecule has 2 rings (SSSR count). The molecule has 2 saturated heterocycles. The van der Waals surface area contributed by atoms with E-state index in [-0.39, 0.29) is 24.2 Å². The number of nitrogens with one attached hydrogen (secondary N) is 1. The molecule has 18 heavy (non-hydrogen) atoms. The van der Waals surface area contributed by atoms with Gasteiger partial charge in [0, 0.05) is 12.1 Å². The Morgan fingerprint density at radius 3 is 2.61 bits per heavy atom. The Morgan fingerprint density at radius 1 is 1.39 bits per heavy atom. The second-order valence-corrected chi connectivity index (χ2v) is 6.26. The largest absolute Gasteiger partial charge is 0.444 e. The monoisotopic (exact) mass is 258 g/mol. The number of nitrogens with zero attached hydrogens (tertiary/aromatic N) is 1. The molecule has 1 amide bonds. The lowest BCUT2D eigenvalue weighted by molar-refractivity contribution is -0.0126. The molecule has 0 radical (unpaired) electrons. The van der Waals surface area contributed by atoms with E-state index in [1.807, 2.05) is 20.8 Å². The minimum atomic E-state index is -0.999. The fourth-order valence-corrected chi connectivity index (χ4v) is 3.02. The summed E-state index contributed by atoms with van der Waals surface area (Å²) in [4.78, 5) is 13.8. The number of amides is 1. The molecule has 0 aliphatic carbocycles. The fraction of sp³-hybridized carbons (Fsp3) is 0.923. The van der Waals surface area contributed by atoms with E-state index < -0.39 is 11.8 Å². The highest BCUT2D eigenvalue weighted by atomic mass is 19.1. The lowest BCUT2D eigenvalue weighted by Gasteiger charge is -2.41. The van der Waals surface area contributed by atoms with Crippen molar-refractivity contribution in [3.05, 3.63) is 0 Å². The Kier molecular flexibility index (Phi) is 3.54. The average molecular weight is 258 g/mol. The molecular formula is C13H23FN2O2. The predicted molar refractivity (Wildman–Crippen MR) is 67.2 cm³/mol. The van der Waals surface area contributed by atoms with Gasteiger partial charge in [-0.15, -0.1) is 0 Å². The van der Waals surface area contributed by atoms with Gasteiger partial charge in [0.15, 0.2) is 0 Å². The van der Waals surface area contributed by atoms with Crippen LogP contribution in [0.4, 0.5) is 9.18 Å². The first-order valence-corrected chi connectivity index (χ1v) is 6.66. The van der Waals surface area contributed by atoms with Gasteiger partial charge in [-0.3, -0.25) is 4.90 Å². The average Bonchev–Trinajstić information content (AvgIpc) is 2.59. The van der Waals surface area contributed by atoms with Crippen LogP contribution in [0.25, 0.3) is 0 Å². The molecule has 2 fully saturated rings. The van der Waals surface area contributed by atoms with E-state index in [4.69, 9.17) is 4.74 Å². The van der Waals surface area contributed by atoms with Gasteiger partial charge < -0.3 is 10.1 Å². The highest BCUT2D eigenvalue weighted by molar-refractivity contribution is 5.70. The molecule has 0 aromatic carbocycles. The zero-order valence-corrected chi connectivity index (χ0v) is 11.6. The van der Waals surface area contributed by atoms with Crippen molar-refractivity contribution in [1.82, 2.24) is 10.2 Å². The molecule has 2 aliphatic rings. The standard InChI is InChI=1S/C13H23FN2O2/c1-13(2,3)18-12(17)16-8-5-6-10(16)11(14)9(7-8)15-4/h8-11,15H,5-7H2,1-4H3/t8-,9-,10+,11-/m1/s1. The molecule has 0 aromatic heterocycles. The lowest BCUT2D eigenvalue weighted by Crippen LogP contribution is -2.58. The summed E-state index contributed by atoms with van der Waals surface area (Å²) in [6.45, 7) is 5.50. The maximum atomic E-state index is 14.3. The van der Waals surface area contributed by atoms with Gasteiger partial charge in [-0.2, -0.15) is 0 Å². The third kappa shape index (κ3) is 2.46. The third-order valence-corrected chi connectivity index (χ3v) is 3.80. The Hall–Kier alpha value is -0.840. The van der Waals surface area contributed by atoms with Gasteiger partial charge in [-0.25, -0.2) is 9.18 Å². The summed E-state index contributed by atoms with van der Waals surface area (Å²) in [7, 11) is 1.78. The summed E-state index contributed by atoms with van der Waals surface area (Å²) in [5.74, 6) is 0. The van der Waals surface area contributed by atoms with Crippen molar-refractivity contribution in [3.8, 4) is 0 Å². The van der Waals surface area contributed by atoms with E-state index in [0.29, 0.717) is 6.42 Å². The maximum absolute atomic E-state index is 14.3. The molecule has 1 N–H and O–H groups in total. The van der Waals surface area contributed by atoms with Crippen LogP contribution in [0.15, 0.2) is 0 Å². The van der Waals surface area contributed by atoms with Crippen molar-refractivity contribution >= 4 is 6.09 Å². The number of halogens is 1. The van der Waals surface area contributed by atoms with E-state index in [9.17, 15) is 9.18 Å². The number of rotatable bonds is 1. The predicted octanol–water partition coefficient (Wildman–Crippen LogP) is 2.08. The van der Waals surface area contributed by atoms with Crippen molar-refractivity contribution in [3.63, 3.8) is 0 Å². The third-order valence-electron chi connectivity index (χ3n) is 3.80. The molecule has 0 spiro atoms. The van der Waals surface area contributed by atoms with Crippen molar-refractivity contribution in [2.75, 3.05) is 7.05 Å². The van der Waals surface area contributed by atoms with Crippen LogP contribution >= 0.6 is 0 Å². The van der Waals surface area contributed by atoms with Crippen molar-refractivity contribution in [2.24, 2.45) is 0 Å². The van der Waals surface area contributed by atoms with Gasteiger partial charge >= 0.3 is 6.09 Å². The van der Waals surface area contributed by atoms with Crippen LogP contribution in [0.3, 0.4) is 0 Å². The number of ether oxygens (including phenoxy) is 1. The molecule has 0 aromatic rings. The summed E-state index contributed by atoms with van der Waals surface area (Å²) in [6.07, 6.45) is 0.924. The quantitative estimate of drug-likeness (QED) is 0.783. The van der Waals surface area contributed by atoms with E-state index in [1.54, 1.807) is 11.9 Å². The van der Waals surface area contributed by atoms with E-state index in [1.165, 1.54) is 0 Å². The van der Waals surface area contributed by atoms with Crippen molar-refractivity contribution < 1.29 is 13.9 Å². The van der Waals surface area contributed by atoms with Gasteiger partial charge in [-0.05, 0) is 47.1 Å². The van der Waals surface area contributed by atoms with Crippen LogP contribution in [-0.4, -0.2) is 47.9 Å². The van der Waals surface area contributed by atoms with Gasteiger partial charge in [-0.1, -0.05) is 0 Å². The number of hydrogen-bond acceptors (Lipinski definition) is 3. The molecule has 5 heteroatoms. The number of piperidine rings is 1. The number of carbonyl (C=O) groups excluding carboxylic acids is 1. The maximum Gasteiger partial charge on any atom is 0.410 e. The Labute approximate surface area is 108 Å². The second-order valence-electron chi connectivity index (χ2n) is 6.26. The van der Waals surface area contributed by atoms with Crippen LogP contribution in [0.2, 0.25) is 0 Å². The first-order valence-electron chi connectivity index (χ1n) is 6.66. The van der Waals surface area contributed by atoms with Crippen molar-refractivity contribution in [2.45, 2.75) is 69.9 Å². The normalized spacial score (nSPS) is 35.7. The summed E-state index contributed by atoms with van der Waals surface area (Å²) in [5.41, 5.74) is -0.526. The van der Waals surface area contributed by atoms with Gasteiger partial charge in [0.1, 0.15) is 11.8 Å². The summed E-state index contributed by atoms with van der Waals surface area (Å²) < 4.78 is 19.6. The number of hydrogen-bond donors (Lipinski definition) is 1.